The van der Waals surface area contributed by atoms with Crippen LogP contribution in [-0.2, 0) is 0 Å². The Labute approximate surface area is 322 Å². The van der Waals surface area contributed by atoms with E-state index in [0.717, 1.165) is 54.1 Å². The lowest BCUT2D eigenvalue weighted by molar-refractivity contribution is 1.16. The first kappa shape index (κ1) is 31.4. The SMILES string of the molecule is N#Cc1cc(-c2nc(-c3cccc4sc5ccccc5c34)nc(-c3ccccc3)c2C#N)ccc1-n1c2ccccc2c2ccc3c4ccccc4sc3c21. The molecule has 0 bridgehead atoms. The van der Waals surface area contributed by atoms with E-state index in [1.54, 1.807) is 22.7 Å². The van der Waals surface area contributed by atoms with E-state index in [2.05, 4.69) is 108 Å². The highest BCUT2D eigenvalue weighted by atomic mass is 32.1. The molecule has 11 rings (SSSR count). The minimum atomic E-state index is 0.359. The maximum Gasteiger partial charge on any atom is 0.161 e. The van der Waals surface area contributed by atoms with Gasteiger partial charge in [-0.25, -0.2) is 9.97 Å². The fourth-order valence-corrected chi connectivity index (χ4v) is 10.5. The lowest BCUT2D eigenvalue weighted by Crippen LogP contribution is -2.03. The van der Waals surface area contributed by atoms with Gasteiger partial charge in [-0.3, -0.25) is 0 Å². The quantitative estimate of drug-likeness (QED) is 0.180. The topological polar surface area (TPSA) is 78.3 Å². The maximum atomic E-state index is 10.9. The van der Waals surface area contributed by atoms with Gasteiger partial charge in [0.1, 0.15) is 17.7 Å². The van der Waals surface area contributed by atoms with Crippen molar-refractivity contribution < 1.29 is 0 Å². The molecule has 7 heteroatoms. The average molecular weight is 736 g/mol. The van der Waals surface area contributed by atoms with Crippen LogP contribution in [0.5, 0.6) is 0 Å². The number of nitrogens with zero attached hydrogens (tertiary/aromatic N) is 5. The summed E-state index contributed by atoms with van der Waals surface area (Å²) < 4.78 is 6.97. The first-order valence-electron chi connectivity index (χ1n) is 17.9. The van der Waals surface area contributed by atoms with Gasteiger partial charge in [-0.2, -0.15) is 10.5 Å². The zero-order valence-electron chi connectivity index (χ0n) is 29.0. The number of nitriles is 2. The minimum absolute atomic E-state index is 0.359. The van der Waals surface area contributed by atoms with Crippen molar-refractivity contribution >= 4 is 84.8 Å². The third kappa shape index (κ3) is 4.68. The van der Waals surface area contributed by atoms with Crippen LogP contribution in [0.1, 0.15) is 11.1 Å². The lowest BCUT2D eigenvalue weighted by atomic mass is 9.98. The normalized spacial score (nSPS) is 11.6. The molecule has 11 aromatic rings. The molecule has 0 spiro atoms. The van der Waals surface area contributed by atoms with Crippen LogP contribution in [-0.4, -0.2) is 14.5 Å². The zero-order chi connectivity index (χ0) is 36.6. The summed E-state index contributed by atoms with van der Waals surface area (Å²) in [5, 5.41) is 28.6. The van der Waals surface area contributed by atoms with E-state index in [1.807, 2.05) is 60.7 Å². The van der Waals surface area contributed by atoms with Crippen LogP contribution in [0.4, 0.5) is 0 Å². The van der Waals surface area contributed by atoms with Gasteiger partial charge in [0.25, 0.3) is 0 Å². The molecular formula is C48H25N5S2. The second kappa shape index (κ2) is 12.2. The van der Waals surface area contributed by atoms with Gasteiger partial charge in [-0.05, 0) is 36.4 Å². The van der Waals surface area contributed by atoms with E-state index in [4.69, 9.17) is 9.97 Å². The Morgan fingerprint density at radius 2 is 1.18 bits per heavy atom. The van der Waals surface area contributed by atoms with E-state index in [0.29, 0.717) is 33.9 Å². The van der Waals surface area contributed by atoms with Crippen molar-refractivity contribution in [3.05, 3.63) is 163 Å². The van der Waals surface area contributed by atoms with Crippen LogP contribution in [0.15, 0.2) is 152 Å². The Morgan fingerprint density at radius 3 is 1.98 bits per heavy atom. The Morgan fingerprint density at radius 1 is 0.509 bits per heavy atom. The summed E-state index contributed by atoms with van der Waals surface area (Å²) in [6.45, 7) is 0. The summed E-state index contributed by atoms with van der Waals surface area (Å²) in [6.07, 6.45) is 0. The standard InChI is InChI=1S/C48H25N5S2/c49-26-30-25-29(21-24-38(30)53-39-17-7-4-13-31(39)33-22-23-34-32-14-5-8-18-40(32)55-47(34)46(33)53)45-37(27-50)44(28-11-2-1-3-12-28)51-48(52-45)36-16-10-20-42-43(36)35-15-6-9-19-41(35)54-42/h1-25H. The summed E-state index contributed by atoms with van der Waals surface area (Å²) in [4.78, 5) is 10.3. The van der Waals surface area contributed by atoms with E-state index in [9.17, 15) is 10.5 Å². The fourth-order valence-electron chi connectivity index (χ4n) is 8.11. The lowest BCUT2D eigenvalue weighted by Gasteiger charge is -2.15. The Kier molecular flexibility index (Phi) is 6.96. The molecule has 55 heavy (non-hydrogen) atoms. The number of hydrogen-bond donors (Lipinski definition) is 0. The third-order valence-electron chi connectivity index (χ3n) is 10.5. The highest BCUT2D eigenvalue weighted by Crippen LogP contribution is 2.44. The highest BCUT2D eigenvalue weighted by molar-refractivity contribution is 7.26. The maximum absolute atomic E-state index is 10.9. The van der Waals surface area contributed by atoms with Gasteiger partial charge in [0, 0.05) is 63.1 Å². The van der Waals surface area contributed by atoms with E-state index < -0.39 is 0 Å². The molecule has 0 saturated carbocycles. The fraction of sp³-hybridized carbons (Fsp3) is 0. The first-order valence-corrected chi connectivity index (χ1v) is 19.5. The van der Waals surface area contributed by atoms with Gasteiger partial charge in [0.2, 0.25) is 0 Å². The Balaban J connectivity index is 1.18. The molecule has 254 valence electrons. The van der Waals surface area contributed by atoms with Gasteiger partial charge >= 0.3 is 0 Å². The molecule has 4 aromatic heterocycles. The molecule has 0 aliphatic rings. The van der Waals surface area contributed by atoms with Crippen LogP contribution in [0.3, 0.4) is 0 Å². The molecule has 4 heterocycles. The van der Waals surface area contributed by atoms with Gasteiger partial charge in [-0.15, -0.1) is 22.7 Å². The molecule has 0 amide bonds. The van der Waals surface area contributed by atoms with Gasteiger partial charge in [0.15, 0.2) is 5.82 Å². The van der Waals surface area contributed by atoms with Crippen LogP contribution in [0.2, 0.25) is 0 Å². The molecule has 0 radical (unpaired) electrons. The second-order valence-corrected chi connectivity index (χ2v) is 15.6. The van der Waals surface area contributed by atoms with Crippen molar-refractivity contribution in [2.24, 2.45) is 0 Å². The van der Waals surface area contributed by atoms with Gasteiger partial charge < -0.3 is 4.57 Å². The number of aromatic nitrogens is 3. The van der Waals surface area contributed by atoms with Crippen molar-refractivity contribution in [3.8, 4) is 51.7 Å². The predicted octanol–water partition coefficient (Wildman–Crippen LogP) is 13.1. The summed E-state index contributed by atoms with van der Waals surface area (Å²) in [7, 11) is 0. The van der Waals surface area contributed by atoms with Crippen molar-refractivity contribution in [2.75, 3.05) is 0 Å². The minimum Gasteiger partial charge on any atom is -0.306 e. The van der Waals surface area contributed by atoms with Crippen molar-refractivity contribution in [1.82, 2.24) is 14.5 Å². The van der Waals surface area contributed by atoms with Crippen molar-refractivity contribution in [1.29, 1.82) is 10.5 Å². The number of hydrogen-bond acceptors (Lipinski definition) is 6. The Hall–Kier alpha value is -7.16. The molecule has 0 N–H and O–H groups in total. The van der Waals surface area contributed by atoms with Gasteiger partial charge in [-0.1, -0.05) is 115 Å². The first-order chi connectivity index (χ1) is 27.2. The number of benzene rings is 7. The molecule has 0 saturated heterocycles. The molecule has 0 fully saturated rings. The largest absolute Gasteiger partial charge is 0.306 e. The molecule has 0 aliphatic heterocycles. The summed E-state index contributed by atoms with van der Waals surface area (Å²) >= 11 is 3.52. The Bertz CT molecular complexity index is 3470. The summed E-state index contributed by atoms with van der Waals surface area (Å²) in [5.74, 6) is 0.527. The predicted molar refractivity (Wildman–Crippen MR) is 228 cm³/mol. The van der Waals surface area contributed by atoms with E-state index in [-0.39, 0.29) is 0 Å². The molecule has 7 aromatic carbocycles. The zero-order valence-corrected chi connectivity index (χ0v) is 30.6. The summed E-state index contributed by atoms with van der Waals surface area (Å²) in [5.41, 5.74) is 7.14. The van der Waals surface area contributed by atoms with Crippen LogP contribution in [0.25, 0.3) is 102 Å². The van der Waals surface area contributed by atoms with Crippen molar-refractivity contribution in [2.45, 2.75) is 0 Å². The monoisotopic (exact) mass is 735 g/mol. The highest BCUT2D eigenvalue weighted by Gasteiger charge is 2.23. The van der Waals surface area contributed by atoms with Crippen LogP contribution >= 0.6 is 22.7 Å². The molecular weight excluding hydrogens is 711 g/mol. The van der Waals surface area contributed by atoms with Crippen LogP contribution < -0.4 is 0 Å². The van der Waals surface area contributed by atoms with Crippen molar-refractivity contribution in [3.63, 3.8) is 0 Å². The third-order valence-corrected chi connectivity index (χ3v) is 12.9. The number of rotatable bonds is 4. The second-order valence-electron chi connectivity index (χ2n) is 13.5. The van der Waals surface area contributed by atoms with E-state index >= 15 is 0 Å². The molecule has 0 atom stereocenters. The number of fused-ring (bicyclic) bond motifs is 10. The molecule has 0 unspecified atom stereocenters. The summed E-state index contributed by atoms with van der Waals surface area (Å²) in [6, 6.07) is 56.6. The molecule has 5 nitrogen and oxygen atoms in total. The van der Waals surface area contributed by atoms with Gasteiger partial charge in [0.05, 0.1) is 38.4 Å². The van der Waals surface area contributed by atoms with Crippen LogP contribution in [0, 0.1) is 22.7 Å². The molecule has 0 aliphatic carbocycles. The average Bonchev–Trinajstić information content (AvgIpc) is 3.93. The number of para-hydroxylation sites is 1. The van der Waals surface area contributed by atoms with E-state index in [1.165, 1.54) is 24.9 Å². The number of thiophene rings is 2. The smallest absolute Gasteiger partial charge is 0.161 e.